The lowest BCUT2D eigenvalue weighted by molar-refractivity contribution is 0.695. The summed E-state index contributed by atoms with van der Waals surface area (Å²) in [5, 5.41) is 0. The second-order valence-electron chi connectivity index (χ2n) is 4.80. The Hall–Kier alpha value is -1.12. The van der Waals surface area contributed by atoms with Crippen LogP contribution in [0.2, 0.25) is 0 Å². The Bertz CT molecular complexity index is 338. The van der Waals surface area contributed by atoms with Crippen LogP contribution in [0, 0.1) is 19.8 Å². The SMILES string of the molecule is CCCN(CC1CC1)c1cc(C)nc(C)n1. The van der Waals surface area contributed by atoms with E-state index in [1.807, 2.05) is 13.8 Å². The van der Waals surface area contributed by atoms with Crippen LogP contribution in [0.3, 0.4) is 0 Å². The van der Waals surface area contributed by atoms with Crippen LogP contribution in [0.25, 0.3) is 0 Å². The summed E-state index contributed by atoms with van der Waals surface area (Å²) >= 11 is 0. The highest BCUT2D eigenvalue weighted by Crippen LogP contribution is 2.31. The van der Waals surface area contributed by atoms with Gasteiger partial charge < -0.3 is 4.90 Å². The van der Waals surface area contributed by atoms with Gasteiger partial charge in [0.2, 0.25) is 0 Å². The molecule has 1 aromatic rings. The number of hydrogen-bond acceptors (Lipinski definition) is 3. The first-order valence-electron chi connectivity index (χ1n) is 6.26. The maximum atomic E-state index is 4.55. The third-order valence-electron chi connectivity index (χ3n) is 2.95. The van der Waals surface area contributed by atoms with E-state index >= 15 is 0 Å². The fraction of sp³-hybridized carbons (Fsp3) is 0.692. The van der Waals surface area contributed by atoms with Gasteiger partial charge in [0, 0.05) is 24.8 Å². The molecule has 0 unspecified atom stereocenters. The minimum absolute atomic E-state index is 0.881. The Balaban J connectivity index is 2.15. The highest BCUT2D eigenvalue weighted by atomic mass is 15.2. The van der Waals surface area contributed by atoms with E-state index in [1.54, 1.807) is 0 Å². The molecule has 16 heavy (non-hydrogen) atoms. The molecule has 0 aliphatic heterocycles. The smallest absolute Gasteiger partial charge is 0.132 e. The van der Waals surface area contributed by atoms with E-state index in [1.165, 1.54) is 25.8 Å². The van der Waals surface area contributed by atoms with E-state index in [-0.39, 0.29) is 0 Å². The molecule has 0 bridgehead atoms. The van der Waals surface area contributed by atoms with Crippen LogP contribution in [0.1, 0.15) is 37.7 Å². The van der Waals surface area contributed by atoms with Crippen LogP contribution in [0.15, 0.2) is 6.07 Å². The molecule has 0 saturated heterocycles. The lowest BCUT2D eigenvalue weighted by atomic mass is 10.3. The number of nitrogens with zero attached hydrogens (tertiary/aromatic N) is 3. The van der Waals surface area contributed by atoms with Crippen molar-refractivity contribution in [2.75, 3.05) is 18.0 Å². The molecule has 0 aromatic carbocycles. The van der Waals surface area contributed by atoms with Gasteiger partial charge in [0.15, 0.2) is 0 Å². The molecular weight excluding hydrogens is 198 g/mol. The maximum absolute atomic E-state index is 4.55. The van der Waals surface area contributed by atoms with Gasteiger partial charge in [-0.3, -0.25) is 0 Å². The van der Waals surface area contributed by atoms with Gasteiger partial charge >= 0.3 is 0 Å². The van der Waals surface area contributed by atoms with E-state index in [4.69, 9.17) is 0 Å². The molecule has 1 aliphatic carbocycles. The summed E-state index contributed by atoms with van der Waals surface area (Å²) in [5.41, 5.74) is 1.07. The number of hydrogen-bond donors (Lipinski definition) is 0. The fourth-order valence-electron chi connectivity index (χ4n) is 2.04. The molecule has 88 valence electrons. The molecule has 1 fully saturated rings. The van der Waals surface area contributed by atoms with Gasteiger partial charge in [-0.2, -0.15) is 0 Å². The molecule has 1 saturated carbocycles. The standard InChI is InChI=1S/C13H21N3/c1-4-7-16(9-12-5-6-12)13-8-10(2)14-11(3)15-13/h8,12H,4-7,9H2,1-3H3. The Morgan fingerprint density at radius 2 is 2.06 bits per heavy atom. The summed E-state index contributed by atoms with van der Waals surface area (Å²) in [6, 6.07) is 2.10. The van der Waals surface area contributed by atoms with Crippen molar-refractivity contribution >= 4 is 5.82 Å². The summed E-state index contributed by atoms with van der Waals surface area (Å²) in [4.78, 5) is 11.3. The fourth-order valence-corrected chi connectivity index (χ4v) is 2.04. The van der Waals surface area contributed by atoms with E-state index in [0.717, 1.165) is 29.8 Å². The predicted octanol–water partition coefficient (Wildman–Crippen LogP) is 2.72. The highest BCUT2D eigenvalue weighted by Gasteiger charge is 2.24. The highest BCUT2D eigenvalue weighted by molar-refractivity contribution is 5.39. The Kier molecular flexibility index (Phi) is 3.42. The van der Waals surface area contributed by atoms with Gasteiger partial charge in [-0.25, -0.2) is 9.97 Å². The van der Waals surface area contributed by atoms with E-state index < -0.39 is 0 Å². The van der Waals surface area contributed by atoms with Crippen LogP contribution in [0.5, 0.6) is 0 Å². The van der Waals surface area contributed by atoms with Crippen molar-refractivity contribution in [3.63, 3.8) is 0 Å². The van der Waals surface area contributed by atoms with Gasteiger partial charge in [-0.15, -0.1) is 0 Å². The van der Waals surface area contributed by atoms with Crippen molar-refractivity contribution < 1.29 is 0 Å². The largest absolute Gasteiger partial charge is 0.356 e. The number of anilines is 1. The quantitative estimate of drug-likeness (QED) is 0.762. The molecule has 3 heteroatoms. The molecule has 2 rings (SSSR count). The normalized spacial score (nSPS) is 15.2. The van der Waals surface area contributed by atoms with Gasteiger partial charge in [0.05, 0.1) is 0 Å². The third-order valence-corrected chi connectivity index (χ3v) is 2.95. The van der Waals surface area contributed by atoms with Crippen molar-refractivity contribution in [2.45, 2.75) is 40.0 Å². The summed E-state index contributed by atoms with van der Waals surface area (Å²) in [7, 11) is 0. The van der Waals surface area contributed by atoms with Crippen LogP contribution >= 0.6 is 0 Å². The zero-order chi connectivity index (χ0) is 11.5. The van der Waals surface area contributed by atoms with E-state index in [9.17, 15) is 0 Å². The molecular formula is C13H21N3. The molecule has 0 N–H and O–H groups in total. The zero-order valence-electron chi connectivity index (χ0n) is 10.5. The van der Waals surface area contributed by atoms with Crippen molar-refractivity contribution in [1.29, 1.82) is 0 Å². The van der Waals surface area contributed by atoms with Crippen LogP contribution in [0.4, 0.5) is 5.82 Å². The lowest BCUT2D eigenvalue weighted by Gasteiger charge is -2.23. The van der Waals surface area contributed by atoms with E-state index in [2.05, 4.69) is 27.9 Å². The Labute approximate surface area is 97.9 Å². The van der Waals surface area contributed by atoms with Crippen LogP contribution in [-0.4, -0.2) is 23.1 Å². The molecule has 0 atom stereocenters. The first-order valence-corrected chi connectivity index (χ1v) is 6.26. The Morgan fingerprint density at radius 1 is 1.31 bits per heavy atom. The minimum atomic E-state index is 0.881. The molecule has 1 heterocycles. The number of aromatic nitrogens is 2. The monoisotopic (exact) mass is 219 g/mol. The second kappa shape index (κ2) is 4.81. The van der Waals surface area contributed by atoms with Gasteiger partial charge in [-0.1, -0.05) is 6.92 Å². The summed E-state index contributed by atoms with van der Waals surface area (Å²) < 4.78 is 0. The lowest BCUT2D eigenvalue weighted by Crippen LogP contribution is -2.27. The predicted molar refractivity (Wildman–Crippen MR) is 66.7 cm³/mol. The molecule has 0 amide bonds. The van der Waals surface area contributed by atoms with Gasteiger partial charge in [0.25, 0.3) is 0 Å². The number of aryl methyl sites for hydroxylation is 2. The Morgan fingerprint density at radius 3 is 2.62 bits per heavy atom. The summed E-state index contributed by atoms with van der Waals surface area (Å²) in [6.45, 7) is 8.51. The summed E-state index contributed by atoms with van der Waals surface area (Å²) in [5.74, 6) is 2.90. The van der Waals surface area contributed by atoms with Gasteiger partial charge in [-0.05, 0) is 39.0 Å². The minimum Gasteiger partial charge on any atom is -0.356 e. The average molecular weight is 219 g/mol. The molecule has 0 radical (unpaired) electrons. The zero-order valence-corrected chi connectivity index (χ0v) is 10.5. The van der Waals surface area contributed by atoms with Crippen molar-refractivity contribution in [3.8, 4) is 0 Å². The third kappa shape index (κ3) is 2.94. The van der Waals surface area contributed by atoms with E-state index in [0.29, 0.717) is 0 Å². The van der Waals surface area contributed by atoms with Crippen molar-refractivity contribution in [3.05, 3.63) is 17.6 Å². The molecule has 1 aromatic heterocycles. The van der Waals surface area contributed by atoms with Crippen molar-refractivity contribution in [2.24, 2.45) is 5.92 Å². The maximum Gasteiger partial charge on any atom is 0.132 e. The second-order valence-corrected chi connectivity index (χ2v) is 4.80. The van der Waals surface area contributed by atoms with Crippen molar-refractivity contribution in [1.82, 2.24) is 9.97 Å². The number of rotatable bonds is 5. The van der Waals surface area contributed by atoms with Crippen LogP contribution in [-0.2, 0) is 0 Å². The molecule has 1 aliphatic rings. The topological polar surface area (TPSA) is 29.0 Å². The molecule has 3 nitrogen and oxygen atoms in total. The van der Waals surface area contributed by atoms with Gasteiger partial charge in [0.1, 0.15) is 11.6 Å². The first kappa shape index (κ1) is 11.4. The molecule has 0 spiro atoms. The van der Waals surface area contributed by atoms with Crippen LogP contribution < -0.4 is 4.90 Å². The first-order chi connectivity index (χ1) is 7.69. The average Bonchev–Trinajstić information content (AvgIpc) is 2.99. The summed E-state index contributed by atoms with van der Waals surface area (Å²) in [6.07, 6.45) is 3.96.